The quantitative estimate of drug-likeness (QED) is 0.130. The van der Waals surface area contributed by atoms with Gasteiger partial charge in [0.15, 0.2) is 5.90 Å². The summed E-state index contributed by atoms with van der Waals surface area (Å²) in [6.45, 7) is 5.34. The average molecular weight is 554 g/mol. The van der Waals surface area contributed by atoms with Gasteiger partial charge in [0.05, 0.1) is 5.92 Å². The smallest absolute Gasteiger partial charge is 0.444 e. The normalized spacial score (nSPS) is 18.7. The van der Waals surface area contributed by atoms with Crippen molar-refractivity contribution in [1.82, 2.24) is 0 Å². The number of anilines is 1. The molecule has 1 amide bonds. The number of hydrogen-bond acceptors (Lipinski definition) is 8. The first-order chi connectivity index (χ1) is 19.6. The molecular weight excluding hydrogens is 522 g/mol. The Hall–Kier alpha value is -4.92. The van der Waals surface area contributed by atoms with Crippen LogP contribution in [0.1, 0.15) is 55.7 Å². The molecule has 1 heterocycles. The molecule has 3 aromatic carbocycles. The van der Waals surface area contributed by atoms with Crippen LogP contribution >= 0.6 is 0 Å². The molecular formula is C32H31N3O6. The van der Waals surface area contributed by atoms with Crippen molar-refractivity contribution in [2.75, 3.05) is 5.32 Å². The van der Waals surface area contributed by atoms with Crippen molar-refractivity contribution in [3.8, 4) is 11.1 Å². The third-order valence-corrected chi connectivity index (χ3v) is 6.96. The van der Waals surface area contributed by atoms with Crippen molar-refractivity contribution in [2.45, 2.75) is 44.6 Å². The van der Waals surface area contributed by atoms with E-state index in [1.807, 2.05) is 36.4 Å². The van der Waals surface area contributed by atoms with E-state index in [2.05, 4.69) is 40.8 Å². The Morgan fingerprint density at radius 1 is 1.05 bits per heavy atom. The van der Waals surface area contributed by atoms with Gasteiger partial charge in [-0.05, 0) is 60.7 Å². The summed E-state index contributed by atoms with van der Waals surface area (Å²) in [5.41, 5.74) is 5.19. The van der Waals surface area contributed by atoms with Gasteiger partial charge in [0.2, 0.25) is 5.90 Å². The molecule has 2 atom stereocenters. The fourth-order valence-electron chi connectivity index (χ4n) is 5.34. The third kappa shape index (κ3) is 6.14. The number of carbonyl (C=O) groups is 2. The molecule has 210 valence electrons. The van der Waals surface area contributed by atoms with Gasteiger partial charge < -0.3 is 19.4 Å². The maximum atomic E-state index is 12.5. The molecule has 2 aliphatic rings. The molecule has 3 aromatic rings. The first-order valence-electron chi connectivity index (χ1n) is 13.3. The second kappa shape index (κ2) is 11.3. The Bertz CT molecular complexity index is 1510. The van der Waals surface area contributed by atoms with Crippen molar-refractivity contribution in [1.29, 1.82) is 5.41 Å². The predicted octanol–water partition coefficient (Wildman–Crippen LogP) is 7.42. The number of fused-ring (bicyclic) bond motifs is 3. The number of cyclic esters (lactones) is 2. The van der Waals surface area contributed by atoms with Crippen LogP contribution in [-0.4, -0.2) is 34.9 Å². The van der Waals surface area contributed by atoms with E-state index in [9.17, 15) is 14.8 Å². The summed E-state index contributed by atoms with van der Waals surface area (Å²) < 4.78 is 15.4. The van der Waals surface area contributed by atoms with E-state index in [0.717, 1.165) is 27.8 Å². The maximum Gasteiger partial charge on any atom is 0.521 e. The number of carbonyl (C=O) groups excluding carboxylic acids is 2. The molecule has 0 saturated carbocycles. The highest BCUT2D eigenvalue weighted by molar-refractivity contribution is 5.98. The van der Waals surface area contributed by atoms with E-state index >= 15 is 0 Å². The SMILES string of the molecule is CC(C)(C)OC(=O)Nc1cccc(C(/C=C/C2c3ccccc3-c3ccccc32)C2CC(=N)OC(=O)O/C2=N\O)c1. The van der Waals surface area contributed by atoms with Crippen molar-refractivity contribution >= 4 is 29.7 Å². The number of hydrogen-bond donors (Lipinski definition) is 3. The molecule has 2 unspecified atom stereocenters. The lowest BCUT2D eigenvalue weighted by molar-refractivity contribution is 0.0635. The van der Waals surface area contributed by atoms with E-state index in [-0.39, 0.29) is 24.1 Å². The number of allylic oxidation sites excluding steroid dienone is 2. The van der Waals surface area contributed by atoms with Gasteiger partial charge in [0, 0.05) is 23.9 Å². The van der Waals surface area contributed by atoms with Crippen molar-refractivity contribution in [3.63, 3.8) is 0 Å². The molecule has 3 N–H and O–H groups in total. The highest BCUT2D eigenvalue weighted by Gasteiger charge is 2.36. The summed E-state index contributed by atoms with van der Waals surface area (Å²) in [6, 6.07) is 23.6. The lowest BCUT2D eigenvalue weighted by Gasteiger charge is -2.24. The summed E-state index contributed by atoms with van der Waals surface area (Å²) in [5, 5.41) is 24.0. The molecule has 0 aromatic heterocycles. The molecule has 0 radical (unpaired) electrons. The van der Waals surface area contributed by atoms with Crippen LogP contribution in [0.25, 0.3) is 11.1 Å². The third-order valence-electron chi connectivity index (χ3n) is 6.96. The molecule has 5 rings (SSSR count). The Morgan fingerprint density at radius 2 is 1.71 bits per heavy atom. The van der Waals surface area contributed by atoms with E-state index in [1.165, 1.54) is 0 Å². The molecule has 1 aliphatic heterocycles. The van der Waals surface area contributed by atoms with Crippen LogP contribution in [0.15, 0.2) is 90.1 Å². The van der Waals surface area contributed by atoms with Crippen molar-refractivity contribution < 1.29 is 29.0 Å². The summed E-state index contributed by atoms with van der Waals surface area (Å²) in [6.07, 6.45) is 2.26. The highest BCUT2D eigenvalue weighted by atomic mass is 16.7. The fourth-order valence-corrected chi connectivity index (χ4v) is 5.34. The second-order valence-corrected chi connectivity index (χ2v) is 10.9. The van der Waals surface area contributed by atoms with Gasteiger partial charge in [-0.15, -0.1) is 0 Å². The van der Waals surface area contributed by atoms with Crippen molar-refractivity contribution in [2.24, 2.45) is 11.1 Å². The lowest BCUT2D eigenvalue weighted by Crippen LogP contribution is -2.27. The largest absolute Gasteiger partial charge is 0.521 e. The zero-order valence-electron chi connectivity index (χ0n) is 23.0. The van der Waals surface area contributed by atoms with Crippen LogP contribution in [0, 0.1) is 11.3 Å². The zero-order chi connectivity index (χ0) is 29.1. The second-order valence-electron chi connectivity index (χ2n) is 10.9. The van der Waals surface area contributed by atoms with Crippen molar-refractivity contribution in [3.05, 3.63) is 102 Å². The molecule has 0 bridgehead atoms. The van der Waals surface area contributed by atoms with E-state index in [1.54, 1.807) is 39.0 Å². The van der Waals surface area contributed by atoms with Gasteiger partial charge >= 0.3 is 12.2 Å². The molecule has 9 nitrogen and oxygen atoms in total. The number of rotatable bonds is 5. The van der Waals surface area contributed by atoms with Gasteiger partial charge in [-0.25, -0.2) is 9.59 Å². The van der Waals surface area contributed by atoms with Crippen LogP contribution in [-0.2, 0) is 14.2 Å². The van der Waals surface area contributed by atoms with Crippen LogP contribution in [0.4, 0.5) is 15.3 Å². The van der Waals surface area contributed by atoms with E-state index in [0.29, 0.717) is 5.69 Å². The zero-order valence-corrected chi connectivity index (χ0v) is 23.0. The summed E-state index contributed by atoms with van der Waals surface area (Å²) >= 11 is 0. The average Bonchev–Trinajstić information content (AvgIpc) is 3.15. The number of nitrogens with one attached hydrogen (secondary N) is 2. The van der Waals surface area contributed by atoms with Gasteiger partial charge in [0.25, 0.3) is 0 Å². The minimum Gasteiger partial charge on any atom is -0.444 e. The number of amides is 1. The molecule has 1 saturated heterocycles. The predicted molar refractivity (Wildman–Crippen MR) is 155 cm³/mol. The summed E-state index contributed by atoms with van der Waals surface area (Å²) in [4.78, 5) is 24.5. The number of benzene rings is 3. The fraction of sp³-hybridized carbons (Fsp3) is 0.250. The van der Waals surface area contributed by atoms with Crippen LogP contribution in [0.5, 0.6) is 0 Å². The summed E-state index contributed by atoms with van der Waals surface area (Å²) in [7, 11) is 0. The monoisotopic (exact) mass is 553 g/mol. The Morgan fingerprint density at radius 3 is 2.34 bits per heavy atom. The molecule has 0 spiro atoms. The highest BCUT2D eigenvalue weighted by Crippen LogP contribution is 2.46. The van der Waals surface area contributed by atoms with E-state index in [4.69, 9.17) is 19.6 Å². The molecule has 1 fully saturated rings. The number of oxime groups is 1. The number of ether oxygens (including phenoxy) is 3. The minimum atomic E-state index is -1.13. The first kappa shape index (κ1) is 27.6. The van der Waals surface area contributed by atoms with Gasteiger partial charge in [-0.1, -0.05) is 78.0 Å². The Labute approximate surface area is 237 Å². The Kier molecular flexibility index (Phi) is 7.61. The Balaban J connectivity index is 1.56. The van der Waals surface area contributed by atoms with Crippen LogP contribution in [0.2, 0.25) is 0 Å². The molecule has 9 heteroatoms. The van der Waals surface area contributed by atoms with Crippen LogP contribution < -0.4 is 5.32 Å². The lowest BCUT2D eigenvalue weighted by atomic mass is 9.81. The minimum absolute atomic E-state index is 0.0495. The van der Waals surface area contributed by atoms with Gasteiger partial charge in [0.1, 0.15) is 5.60 Å². The van der Waals surface area contributed by atoms with Crippen LogP contribution in [0.3, 0.4) is 0 Å². The van der Waals surface area contributed by atoms with Gasteiger partial charge in [-0.3, -0.25) is 10.7 Å². The molecule has 41 heavy (non-hydrogen) atoms. The maximum absolute atomic E-state index is 12.5. The summed E-state index contributed by atoms with van der Waals surface area (Å²) in [5.74, 6) is -1.90. The first-order valence-corrected chi connectivity index (χ1v) is 13.3. The molecule has 1 aliphatic carbocycles. The topological polar surface area (TPSA) is 130 Å². The van der Waals surface area contributed by atoms with E-state index < -0.39 is 29.7 Å². The standard InChI is InChI=1S/C32H31N3O6/c1-32(2,3)41-30(36)34-20-10-8-9-19(17-20)21(27-18-28(33)39-31(37)40-29(27)35-38)15-16-26-24-13-6-4-11-22(24)23-12-5-7-14-25(23)26/h4-17,21,26-27,33,38H,18H2,1-3H3,(H,34,36)/b16-15+,33-28?,35-29-. The van der Waals surface area contributed by atoms with Gasteiger partial charge in [-0.2, -0.15) is 0 Å². The number of nitrogens with zero attached hydrogens (tertiary/aromatic N) is 1.